The van der Waals surface area contributed by atoms with E-state index in [9.17, 15) is 9.90 Å². The van der Waals surface area contributed by atoms with Gasteiger partial charge in [-0.2, -0.15) is 0 Å². The Hall–Kier alpha value is 0.0103. The van der Waals surface area contributed by atoms with Crippen LogP contribution in [-0.2, 0) is 22.4 Å². The van der Waals surface area contributed by atoms with E-state index in [2.05, 4.69) is 0 Å². The van der Waals surface area contributed by atoms with Crippen molar-refractivity contribution in [3.05, 3.63) is 0 Å². The first kappa shape index (κ1) is 10.1. The molecule has 0 radical (unpaired) electrons. The molecule has 0 fully saturated rings. The molecule has 3 nitrogen and oxygen atoms in total. The first-order chi connectivity index (χ1) is 2.64. The van der Waals surface area contributed by atoms with E-state index < -0.39 is 6.09 Å². The summed E-state index contributed by atoms with van der Waals surface area (Å²) in [6, 6.07) is 0. The second kappa shape index (κ2) is 4.18. The fourth-order valence-electron chi connectivity index (χ4n) is 0. The molecule has 0 saturated carbocycles. The first-order valence-corrected chi connectivity index (χ1v) is 1.53. The number of carbonyl (C=O) groups excluding carboxylic acids is 1. The van der Waals surface area contributed by atoms with Crippen LogP contribution in [0.1, 0.15) is 0 Å². The number of hydrogen-bond donors (Lipinski definition) is 0. The van der Waals surface area contributed by atoms with Crippen molar-refractivity contribution >= 4 is 6.09 Å². The molecule has 0 heterocycles. The molecule has 7 heavy (non-hydrogen) atoms. The van der Waals surface area contributed by atoms with Gasteiger partial charge in [-0.25, -0.2) is 0 Å². The van der Waals surface area contributed by atoms with Crippen LogP contribution in [0, 0.1) is 0 Å². The minimum Gasteiger partial charge on any atom is -0.530 e. The molecule has 0 spiro atoms. The fraction of sp³-hybridized carbons (Fsp3) is 0.667. The maximum Gasteiger partial charge on any atom is 1.00 e. The van der Waals surface area contributed by atoms with Gasteiger partial charge in [-0.05, 0) is 0 Å². The Labute approximate surface area is 57.8 Å². The van der Waals surface area contributed by atoms with Crippen molar-refractivity contribution in [3.8, 4) is 0 Å². The first-order valence-electron chi connectivity index (χ1n) is 1.53. The molecule has 4 heteroatoms. The van der Waals surface area contributed by atoms with Crippen LogP contribution in [0.4, 0.5) is 4.79 Å². The van der Waals surface area contributed by atoms with E-state index in [1.165, 1.54) is 14.1 Å². The van der Waals surface area contributed by atoms with Crippen molar-refractivity contribution in [1.29, 1.82) is 0 Å². The van der Waals surface area contributed by atoms with Gasteiger partial charge in [0.15, 0.2) is 0 Å². The largest absolute Gasteiger partial charge is 1.00 e. The molecule has 0 aliphatic carbocycles. The monoisotopic (exact) mass is 195 g/mol. The van der Waals surface area contributed by atoms with E-state index >= 15 is 0 Å². The fourth-order valence-corrected chi connectivity index (χ4v) is 0. The summed E-state index contributed by atoms with van der Waals surface area (Å²) in [5.74, 6) is 0. The Bertz CT molecular complexity index is 64.0. The summed E-state index contributed by atoms with van der Waals surface area (Å²) >= 11 is 0. The third kappa shape index (κ3) is 6.01. The SMILES string of the molecule is CN(C)C(=O)[O-].[Ag+]. The normalized spacial score (nSPS) is 6.57. The minimum atomic E-state index is -1.16. The third-order valence-corrected chi connectivity index (χ3v) is 0.365. The molecule has 0 bridgehead atoms. The van der Waals surface area contributed by atoms with E-state index in [-0.39, 0.29) is 22.4 Å². The summed E-state index contributed by atoms with van der Waals surface area (Å²) in [6.45, 7) is 0. The molecule has 0 aromatic rings. The average molecular weight is 196 g/mol. The van der Waals surface area contributed by atoms with E-state index in [1.807, 2.05) is 0 Å². The van der Waals surface area contributed by atoms with E-state index in [0.717, 1.165) is 4.90 Å². The van der Waals surface area contributed by atoms with Gasteiger partial charge in [0.2, 0.25) is 0 Å². The summed E-state index contributed by atoms with van der Waals surface area (Å²) < 4.78 is 0. The number of carboxylic acid groups (broad SMARTS) is 1. The van der Waals surface area contributed by atoms with Crippen molar-refractivity contribution in [3.63, 3.8) is 0 Å². The zero-order valence-corrected chi connectivity index (χ0v) is 5.55. The van der Waals surface area contributed by atoms with Gasteiger partial charge in [-0.1, -0.05) is 0 Å². The summed E-state index contributed by atoms with van der Waals surface area (Å²) in [5, 5.41) is 9.51. The number of nitrogens with zero attached hydrogens (tertiary/aromatic N) is 1. The maximum absolute atomic E-state index is 9.51. The molecule has 46 valence electrons. The molecule has 1 amide bonds. The molecule has 0 atom stereocenters. The van der Waals surface area contributed by atoms with Gasteiger partial charge in [0.25, 0.3) is 0 Å². The molecule has 0 N–H and O–H groups in total. The molecular formula is C3H6AgNO2. The Balaban J connectivity index is 0. The van der Waals surface area contributed by atoms with Crippen LogP contribution in [0.5, 0.6) is 0 Å². The van der Waals surface area contributed by atoms with E-state index in [1.54, 1.807) is 0 Å². The van der Waals surface area contributed by atoms with Crippen LogP contribution in [-0.4, -0.2) is 25.1 Å². The van der Waals surface area contributed by atoms with Crippen LogP contribution < -0.4 is 5.11 Å². The van der Waals surface area contributed by atoms with Crippen LogP contribution in [0.3, 0.4) is 0 Å². The molecule has 0 aromatic heterocycles. The second-order valence-electron chi connectivity index (χ2n) is 1.16. The Morgan fingerprint density at radius 1 is 1.57 bits per heavy atom. The maximum atomic E-state index is 9.51. The van der Waals surface area contributed by atoms with Crippen LogP contribution in [0.25, 0.3) is 0 Å². The van der Waals surface area contributed by atoms with Gasteiger partial charge in [-0.3, -0.25) is 0 Å². The standard InChI is InChI=1S/C3H7NO2.Ag/c1-4(2)3(5)6;/h1-2H3,(H,5,6);/q;+1/p-1. The third-order valence-electron chi connectivity index (χ3n) is 0.365. The zero-order valence-electron chi connectivity index (χ0n) is 4.07. The topological polar surface area (TPSA) is 43.4 Å². The van der Waals surface area contributed by atoms with Crippen molar-refractivity contribution in [2.45, 2.75) is 0 Å². The van der Waals surface area contributed by atoms with Crippen molar-refractivity contribution < 1.29 is 32.3 Å². The zero-order chi connectivity index (χ0) is 5.15. The summed E-state index contributed by atoms with van der Waals surface area (Å²) in [7, 11) is 2.82. The molecule has 0 unspecified atom stereocenters. The summed E-state index contributed by atoms with van der Waals surface area (Å²) in [4.78, 5) is 10.5. The van der Waals surface area contributed by atoms with Crippen molar-refractivity contribution in [2.75, 3.05) is 14.1 Å². The number of amides is 1. The predicted octanol–water partition coefficient (Wildman–Crippen LogP) is -1.11. The average Bonchev–Trinajstić information content (AvgIpc) is 1.36. The summed E-state index contributed by atoms with van der Waals surface area (Å²) in [5.41, 5.74) is 0. The molecule has 0 aliphatic rings. The van der Waals surface area contributed by atoms with Gasteiger partial charge in [-0.15, -0.1) is 0 Å². The van der Waals surface area contributed by atoms with Gasteiger partial charge in [0, 0.05) is 14.1 Å². The van der Waals surface area contributed by atoms with Gasteiger partial charge < -0.3 is 14.8 Å². The number of hydrogen-bond acceptors (Lipinski definition) is 2. The van der Waals surface area contributed by atoms with E-state index in [4.69, 9.17) is 0 Å². The smallest absolute Gasteiger partial charge is 0.530 e. The van der Waals surface area contributed by atoms with Crippen LogP contribution in [0.15, 0.2) is 0 Å². The Kier molecular flexibility index (Phi) is 6.02. The quantitative estimate of drug-likeness (QED) is 0.461. The summed E-state index contributed by atoms with van der Waals surface area (Å²) in [6.07, 6.45) is -1.16. The number of carbonyl (C=O) groups is 1. The molecular weight excluding hydrogens is 190 g/mol. The molecule has 0 rings (SSSR count). The molecule has 0 saturated heterocycles. The minimum absolute atomic E-state index is 0. The van der Waals surface area contributed by atoms with Crippen LogP contribution >= 0.6 is 0 Å². The van der Waals surface area contributed by atoms with Crippen molar-refractivity contribution in [2.24, 2.45) is 0 Å². The predicted molar refractivity (Wildman–Crippen MR) is 19.1 cm³/mol. The second-order valence-corrected chi connectivity index (χ2v) is 1.16. The van der Waals surface area contributed by atoms with Crippen molar-refractivity contribution in [1.82, 2.24) is 4.90 Å². The Morgan fingerprint density at radius 3 is 1.71 bits per heavy atom. The Morgan fingerprint density at radius 2 is 1.71 bits per heavy atom. The van der Waals surface area contributed by atoms with E-state index in [0.29, 0.717) is 0 Å². The number of rotatable bonds is 0. The molecule has 0 aliphatic heterocycles. The van der Waals surface area contributed by atoms with Crippen LogP contribution in [0.2, 0.25) is 0 Å². The molecule has 0 aromatic carbocycles. The van der Waals surface area contributed by atoms with Gasteiger partial charge >= 0.3 is 22.4 Å². The van der Waals surface area contributed by atoms with Gasteiger partial charge in [0.05, 0.1) is 0 Å². The van der Waals surface area contributed by atoms with Gasteiger partial charge in [0.1, 0.15) is 6.09 Å².